The first-order chi connectivity index (χ1) is 20.3. The van der Waals surface area contributed by atoms with E-state index in [-0.39, 0.29) is 24.8 Å². The molecule has 44 heavy (non-hydrogen) atoms. The fourth-order valence-electron chi connectivity index (χ4n) is 9.41. The van der Waals surface area contributed by atoms with Crippen LogP contribution in [-0.4, -0.2) is 72.1 Å². The lowest BCUT2D eigenvalue weighted by Crippen LogP contribution is -2.86. The van der Waals surface area contributed by atoms with Gasteiger partial charge in [0.25, 0.3) is 0 Å². The molecule has 0 aromatic heterocycles. The standard InChI is InChI=1S/C33H42O11/c1-12-16(2)24(36)42-21-15-31(14-13-22(35)43-28(31,7)8)19(5)33(39-11)26(41-20(6)34)29(9)18(4)32(30(21,33)10)23(25(37)44-29)17(3)40-27(32)38/h12,17,21,23,26H,4-5,13-15H2,1-3,6-11H3/b16-12+/t17-,21-,23?,26-,29+,30-,31+,32+,33?/m0/s1. The summed E-state index contributed by atoms with van der Waals surface area (Å²) in [6, 6.07) is 0. The number of hydrogen-bond acceptors (Lipinski definition) is 11. The highest BCUT2D eigenvalue weighted by atomic mass is 16.6. The molecule has 0 aromatic rings. The Balaban J connectivity index is 1.95. The van der Waals surface area contributed by atoms with Crippen LogP contribution < -0.4 is 0 Å². The molecule has 11 heteroatoms. The van der Waals surface area contributed by atoms with Gasteiger partial charge in [0.2, 0.25) is 0 Å². The number of ether oxygens (including phenoxy) is 6. The summed E-state index contributed by atoms with van der Waals surface area (Å²) in [4.78, 5) is 67.6. The van der Waals surface area contributed by atoms with Crippen LogP contribution in [0.1, 0.15) is 74.7 Å². The maximum absolute atomic E-state index is 14.5. The fourth-order valence-corrected chi connectivity index (χ4v) is 9.41. The van der Waals surface area contributed by atoms with Gasteiger partial charge in [-0.25, -0.2) is 4.79 Å². The second-order valence-electron chi connectivity index (χ2n) is 13.6. The molecule has 240 valence electrons. The van der Waals surface area contributed by atoms with Crippen LogP contribution >= 0.6 is 0 Å². The summed E-state index contributed by atoms with van der Waals surface area (Å²) in [6.45, 7) is 21.7. The van der Waals surface area contributed by atoms with Crippen LogP contribution in [0.5, 0.6) is 0 Å². The van der Waals surface area contributed by atoms with E-state index >= 15 is 0 Å². The number of carbonyl (C=O) groups is 5. The normalized spacial score (nSPS) is 44.2. The molecule has 5 aliphatic rings. The van der Waals surface area contributed by atoms with Crippen LogP contribution in [0.25, 0.3) is 0 Å². The Morgan fingerprint density at radius 3 is 2.18 bits per heavy atom. The lowest BCUT2D eigenvalue weighted by molar-refractivity contribution is -0.327. The van der Waals surface area contributed by atoms with Crippen molar-refractivity contribution in [3.8, 4) is 0 Å². The van der Waals surface area contributed by atoms with E-state index in [1.54, 1.807) is 47.6 Å². The second-order valence-corrected chi connectivity index (χ2v) is 13.6. The topological polar surface area (TPSA) is 141 Å². The zero-order chi connectivity index (χ0) is 33.0. The first-order valence-electron chi connectivity index (χ1n) is 14.9. The Kier molecular flexibility index (Phi) is 6.91. The molecular weight excluding hydrogens is 572 g/mol. The van der Waals surface area contributed by atoms with Crippen LogP contribution in [0.2, 0.25) is 0 Å². The van der Waals surface area contributed by atoms with Crippen LogP contribution in [-0.2, 0) is 52.4 Å². The predicted octanol–water partition coefficient (Wildman–Crippen LogP) is 3.68. The average molecular weight is 615 g/mol. The number of fused-ring (bicyclic) bond motifs is 2. The summed E-state index contributed by atoms with van der Waals surface area (Å²) < 4.78 is 36.9. The van der Waals surface area contributed by atoms with Gasteiger partial charge in [0.05, 0.1) is 5.41 Å². The molecule has 2 bridgehead atoms. The van der Waals surface area contributed by atoms with Crippen molar-refractivity contribution in [2.75, 3.05) is 7.11 Å². The summed E-state index contributed by atoms with van der Waals surface area (Å²) in [5.74, 6) is -4.49. The maximum atomic E-state index is 14.5. The molecule has 2 aliphatic carbocycles. The summed E-state index contributed by atoms with van der Waals surface area (Å²) in [7, 11) is 1.39. The van der Waals surface area contributed by atoms with Crippen molar-refractivity contribution < 1.29 is 52.4 Å². The number of carbonyl (C=O) groups excluding carboxylic acids is 5. The van der Waals surface area contributed by atoms with Crippen LogP contribution in [0.4, 0.5) is 0 Å². The van der Waals surface area contributed by atoms with Gasteiger partial charge in [0.15, 0.2) is 11.7 Å². The van der Waals surface area contributed by atoms with Crippen molar-refractivity contribution in [3.05, 3.63) is 36.0 Å². The van der Waals surface area contributed by atoms with Gasteiger partial charge in [-0.2, -0.15) is 0 Å². The van der Waals surface area contributed by atoms with Crippen LogP contribution in [0.3, 0.4) is 0 Å². The predicted molar refractivity (Wildman–Crippen MR) is 153 cm³/mol. The lowest BCUT2D eigenvalue weighted by atomic mass is 9.33. The third-order valence-corrected chi connectivity index (χ3v) is 11.7. The monoisotopic (exact) mass is 614 g/mol. The molecule has 0 radical (unpaired) electrons. The van der Waals surface area contributed by atoms with Gasteiger partial charge in [-0.1, -0.05) is 26.2 Å². The number of methoxy groups -OCH3 is 1. The highest BCUT2D eigenvalue weighted by molar-refractivity contribution is 5.97. The van der Waals surface area contributed by atoms with E-state index in [1.165, 1.54) is 21.0 Å². The summed E-state index contributed by atoms with van der Waals surface area (Å²) in [5.41, 5.74) is -8.76. The summed E-state index contributed by atoms with van der Waals surface area (Å²) in [5, 5.41) is 0. The van der Waals surface area contributed by atoms with Gasteiger partial charge in [0, 0.05) is 31.4 Å². The SMILES string of the molecule is C=C1C2(OC)[C@@H](OC(C)=O)[C@]3(C)OC(=O)C4[C@H](C)OC(=O)[C@]4(C3=C)[C@]2(C)[C@@H](OC(=O)/C(C)=C/C)C[C@]12CCC(=O)OC2(C)C. The van der Waals surface area contributed by atoms with Crippen LogP contribution in [0.15, 0.2) is 36.0 Å². The van der Waals surface area contributed by atoms with E-state index in [4.69, 9.17) is 28.4 Å². The highest BCUT2D eigenvalue weighted by Gasteiger charge is 2.91. The molecule has 9 atom stereocenters. The Morgan fingerprint density at radius 2 is 1.64 bits per heavy atom. The smallest absolute Gasteiger partial charge is 0.333 e. The minimum Gasteiger partial charge on any atom is -0.461 e. The van der Waals surface area contributed by atoms with Crippen molar-refractivity contribution in [2.45, 2.75) is 110 Å². The molecule has 3 saturated heterocycles. The highest BCUT2D eigenvalue weighted by Crippen LogP contribution is 2.78. The molecule has 5 fully saturated rings. The lowest BCUT2D eigenvalue weighted by Gasteiger charge is -2.74. The molecule has 0 N–H and O–H groups in total. The number of esters is 5. The second kappa shape index (κ2) is 9.52. The molecule has 2 unspecified atom stereocenters. The Bertz CT molecular complexity index is 1440. The molecule has 0 amide bonds. The first-order valence-corrected chi connectivity index (χ1v) is 14.9. The molecule has 3 heterocycles. The van der Waals surface area contributed by atoms with Crippen molar-refractivity contribution in [3.63, 3.8) is 0 Å². The number of hydrogen-bond donors (Lipinski definition) is 0. The van der Waals surface area contributed by atoms with Crippen molar-refractivity contribution in [2.24, 2.45) is 22.2 Å². The van der Waals surface area contributed by atoms with Gasteiger partial charge >= 0.3 is 29.8 Å². The quantitative estimate of drug-likeness (QED) is 0.198. The molecule has 5 rings (SSSR count). The Morgan fingerprint density at radius 1 is 1.00 bits per heavy atom. The first kappa shape index (κ1) is 31.9. The van der Waals surface area contributed by atoms with Gasteiger partial charge < -0.3 is 28.4 Å². The number of allylic oxidation sites excluding steroid dienone is 1. The minimum absolute atomic E-state index is 0.0254. The van der Waals surface area contributed by atoms with Gasteiger partial charge in [-0.3, -0.25) is 19.2 Å². The summed E-state index contributed by atoms with van der Waals surface area (Å²) >= 11 is 0. The molecular formula is C33H42O11. The zero-order valence-corrected chi connectivity index (χ0v) is 26.9. The van der Waals surface area contributed by atoms with Crippen LogP contribution in [0, 0.1) is 22.2 Å². The fraction of sp³-hybridized carbons (Fsp3) is 0.667. The molecule has 0 aromatic carbocycles. The minimum atomic E-state index is -1.87. The van der Waals surface area contributed by atoms with Gasteiger partial charge in [0.1, 0.15) is 34.7 Å². The van der Waals surface area contributed by atoms with Gasteiger partial charge in [-0.05, 0) is 65.5 Å². The van der Waals surface area contributed by atoms with E-state index in [9.17, 15) is 24.0 Å². The number of cyclic esters (lactones) is 2. The molecule has 3 aliphatic heterocycles. The average Bonchev–Trinajstić information content (AvgIpc) is 3.21. The Labute approximate surface area is 257 Å². The van der Waals surface area contributed by atoms with E-state index in [0.29, 0.717) is 11.1 Å². The maximum Gasteiger partial charge on any atom is 0.333 e. The molecule has 2 spiro atoms. The number of rotatable bonds is 4. The van der Waals surface area contributed by atoms with E-state index in [2.05, 4.69) is 13.2 Å². The Hall–Kier alpha value is -3.47. The van der Waals surface area contributed by atoms with Gasteiger partial charge in [-0.15, -0.1) is 0 Å². The third kappa shape index (κ3) is 3.34. The van der Waals surface area contributed by atoms with Crippen molar-refractivity contribution >= 4 is 29.8 Å². The van der Waals surface area contributed by atoms with Crippen molar-refractivity contribution in [1.82, 2.24) is 0 Å². The zero-order valence-electron chi connectivity index (χ0n) is 26.9. The van der Waals surface area contributed by atoms with E-state index in [0.717, 1.165) is 0 Å². The third-order valence-electron chi connectivity index (χ3n) is 11.7. The molecule has 2 saturated carbocycles. The molecule has 11 nitrogen and oxygen atoms in total. The summed E-state index contributed by atoms with van der Waals surface area (Å²) in [6.07, 6.45) is -1.68. The van der Waals surface area contributed by atoms with E-state index in [1.807, 2.05) is 0 Å². The van der Waals surface area contributed by atoms with E-state index < -0.39 is 87.1 Å². The van der Waals surface area contributed by atoms with Crippen molar-refractivity contribution in [1.29, 1.82) is 0 Å². The largest absolute Gasteiger partial charge is 0.461 e.